The Kier molecular flexibility index (Phi) is 4.71. The van der Waals surface area contributed by atoms with Gasteiger partial charge < -0.3 is 15.5 Å². The molecule has 1 fully saturated rings. The van der Waals surface area contributed by atoms with E-state index >= 15 is 0 Å². The molecule has 0 spiro atoms. The monoisotopic (exact) mass is 278 g/mol. The number of hydrogen-bond donors (Lipinski definition) is 1. The van der Waals surface area contributed by atoms with Gasteiger partial charge in [-0.05, 0) is 51.0 Å². The molecule has 0 unspecified atom stereocenters. The summed E-state index contributed by atoms with van der Waals surface area (Å²) in [4.78, 5) is 9.43. The van der Waals surface area contributed by atoms with Crippen LogP contribution >= 0.6 is 12.2 Å². The molecule has 2 rings (SSSR count). The molecule has 1 saturated heterocycles. The minimum absolute atomic E-state index is 0.427. The molecule has 2 N–H and O–H groups in total. The lowest BCUT2D eigenvalue weighted by atomic mass is 9.97. The fourth-order valence-corrected chi connectivity index (χ4v) is 2.63. The smallest absolute Gasteiger partial charge is 0.128 e. The first-order valence-electron chi connectivity index (χ1n) is 6.72. The summed E-state index contributed by atoms with van der Waals surface area (Å²) in [6, 6.07) is 3.83. The zero-order valence-electron chi connectivity index (χ0n) is 11.7. The van der Waals surface area contributed by atoms with Crippen LogP contribution in [0.5, 0.6) is 0 Å². The van der Waals surface area contributed by atoms with Crippen LogP contribution in [0.1, 0.15) is 18.4 Å². The van der Waals surface area contributed by atoms with E-state index in [4.69, 9.17) is 18.0 Å². The number of aromatic nitrogens is 1. The molecule has 0 amide bonds. The highest BCUT2D eigenvalue weighted by molar-refractivity contribution is 7.80. The number of nitrogens with zero attached hydrogens (tertiary/aromatic N) is 3. The molecule has 2 heterocycles. The quantitative estimate of drug-likeness (QED) is 0.846. The van der Waals surface area contributed by atoms with Crippen molar-refractivity contribution in [2.45, 2.75) is 12.8 Å². The normalized spacial score (nSPS) is 17.4. The predicted molar refractivity (Wildman–Crippen MR) is 83.6 cm³/mol. The van der Waals surface area contributed by atoms with Crippen molar-refractivity contribution >= 4 is 23.0 Å². The summed E-state index contributed by atoms with van der Waals surface area (Å²) in [5.74, 6) is 1.70. The van der Waals surface area contributed by atoms with Crippen LogP contribution in [-0.2, 0) is 0 Å². The van der Waals surface area contributed by atoms with Crippen molar-refractivity contribution in [3.63, 3.8) is 0 Å². The minimum Gasteiger partial charge on any atom is -0.389 e. The van der Waals surface area contributed by atoms with Crippen molar-refractivity contribution in [1.82, 2.24) is 9.88 Å². The first kappa shape index (κ1) is 14.2. The summed E-state index contributed by atoms with van der Waals surface area (Å²) in [5, 5.41) is 0. The van der Waals surface area contributed by atoms with E-state index in [0.29, 0.717) is 4.99 Å². The molecule has 1 aliphatic rings. The van der Waals surface area contributed by atoms with Gasteiger partial charge >= 0.3 is 0 Å². The molecule has 19 heavy (non-hydrogen) atoms. The van der Waals surface area contributed by atoms with E-state index in [1.54, 1.807) is 6.20 Å². The van der Waals surface area contributed by atoms with Gasteiger partial charge in [-0.25, -0.2) is 4.98 Å². The van der Waals surface area contributed by atoms with Gasteiger partial charge in [0.1, 0.15) is 10.8 Å². The molecule has 0 saturated carbocycles. The number of nitrogens with two attached hydrogens (primary N) is 1. The van der Waals surface area contributed by atoms with Gasteiger partial charge in [-0.3, -0.25) is 0 Å². The van der Waals surface area contributed by atoms with E-state index < -0.39 is 0 Å². The average molecular weight is 278 g/mol. The van der Waals surface area contributed by atoms with Gasteiger partial charge in [-0.2, -0.15) is 0 Å². The third-order valence-corrected chi connectivity index (χ3v) is 4.03. The highest BCUT2D eigenvalue weighted by Gasteiger charge is 2.18. The lowest BCUT2D eigenvalue weighted by Crippen LogP contribution is -2.36. The van der Waals surface area contributed by atoms with Crippen molar-refractivity contribution in [2.75, 3.05) is 38.6 Å². The molecule has 0 aliphatic carbocycles. The summed E-state index contributed by atoms with van der Waals surface area (Å²) >= 11 is 5.01. The van der Waals surface area contributed by atoms with Crippen molar-refractivity contribution in [3.05, 3.63) is 23.9 Å². The molecule has 1 aliphatic heterocycles. The number of piperidine rings is 1. The van der Waals surface area contributed by atoms with Gasteiger partial charge in [0.15, 0.2) is 0 Å². The molecular formula is C14H22N4S. The second kappa shape index (κ2) is 6.30. The lowest BCUT2D eigenvalue weighted by Gasteiger charge is -2.32. The molecule has 4 nitrogen and oxygen atoms in total. The molecule has 0 aromatic carbocycles. The Hall–Kier alpha value is -1.20. The van der Waals surface area contributed by atoms with Crippen LogP contribution in [0.3, 0.4) is 0 Å². The van der Waals surface area contributed by atoms with Crippen molar-refractivity contribution in [3.8, 4) is 0 Å². The topological polar surface area (TPSA) is 45.4 Å². The maximum Gasteiger partial charge on any atom is 0.128 e. The SMILES string of the molecule is CN1CCC(CN(C)c2cc(C(N)=S)ccn2)CC1. The fraction of sp³-hybridized carbons (Fsp3) is 0.571. The Morgan fingerprint density at radius 1 is 1.53 bits per heavy atom. The molecule has 0 radical (unpaired) electrons. The molecule has 1 aromatic heterocycles. The third kappa shape index (κ3) is 3.88. The Bertz CT molecular complexity index is 441. The van der Waals surface area contributed by atoms with Gasteiger partial charge in [0.05, 0.1) is 0 Å². The first-order valence-corrected chi connectivity index (χ1v) is 7.12. The van der Waals surface area contributed by atoms with Gasteiger partial charge in [0.25, 0.3) is 0 Å². The molecule has 0 atom stereocenters. The molecule has 5 heteroatoms. The molecule has 0 bridgehead atoms. The largest absolute Gasteiger partial charge is 0.389 e. The van der Waals surface area contributed by atoms with Gasteiger partial charge in [0, 0.05) is 25.4 Å². The first-order chi connectivity index (χ1) is 9.06. The van der Waals surface area contributed by atoms with Crippen LogP contribution in [0.2, 0.25) is 0 Å². The minimum atomic E-state index is 0.427. The Morgan fingerprint density at radius 2 is 2.21 bits per heavy atom. The van der Waals surface area contributed by atoms with E-state index in [1.807, 2.05) is 12.1 Å². The maximum absolute atomic E-state index is 5.66. The van der Waals surface area contributed by atoms with Gasteiger partial charge in [0.2, 0.25) is 0 Å². The van der Waals surface area contributed by atoms with Crippen molar-refractivity contribution < 1.29 is 0 Å². The Morgan fingerprint density at radius 3 is 2.84 bits per heavy atom. The highest BCUT2D eigenvalue weighted by Crippen LogP contribution is 2.19. The average Bonchev–Trinajstić information content (AvgIpc) is 2.41. The van der Waals surface area contributed by atoms with Gasteiger partial charge in [-0.1, -0.05) is 12.2 Å². The van der Waals surface area contributed by atoms with Crippen molar-refractivity contribution in [2.24, 2.45) is 11.7 Å². The Labute approximate surface area is 120 Å². The van der Waals surface area contributed by atoms with Crippen LogP contribution in [0, 0.1) is 5.92 Å². The molecular weight excluding hydrogens is 256 g/mol. The van der Waals surface area contributed by atoms with Crippen LogP contribution in [0.4, 0.5) is 5.82 Å². The standard InChI is InChI=1S/C14H22N4S/c1-17-7-4-11(5-8-17)10-18(2)13-9-12(14(15)19)3-6-16-13/h3,6,9,11H,4-5,7-8,10H2,1-2H3,(H2,15,19). The Balaban J connectivity index is 1.97. The summed E-state index contributed by atoms with van der Waals surface area (Å²) in [6.45, 7) is 3.43. The fourth-order valence-electron chi connectivity index (χ4n) is 2.51. The molecule has 1 aromatic rings. The van der Waals surface area contributed by atoms with E-state index in [0.717, 1.165) is 23.8 Å². The number of pyridine rings is 1. The number of hydrogen-bond acceptors (Lipinski definition) is 4. The zero-order valence-corrected chi connectivity index (χ0v) is 12.5. The highest BCUT2D eigenvalue weighted by atomic mass is 32.1. The number of likely N-dealkylation sites (tertiary alicyclic amines) is 1. The lowest BCUT2D eigenvalue weighted by molar-refractivity contribution is 0.222. The van der Waals surface area contributed by atoms with E-state index in [2.05, 4.69) is 28.9 Å². The summed E-state index contributed by atoms with van der Waals surface area (Å²) in [5.41, 5.74) is 6.55. The predicted octanol–water partition coefficient (Wildman–Crippen LogP) is 1.49. The van der Waals surface area contributed by atoms with E-state index in [1.165, 1.54) is 25.9 Å². The zero-order chi connectivity index (χ0) is 13.8. The summed E-state index contributed by atoms with van der Waals surface area (Å²) in [7, 11) is 4.27. The number of rotatable bonds is 4. The van der Waals surface area contributed by atoms with E-state index in [9.17, 15) is 0 Å². The van der Waals surface area contributed by atoms with Crippen LogP contribution in [0.25, 0.3) is 0 Å². The third-order valence-electron chi connectivity index (χ3n) is 3.79. The van der Waals surface area contributed by atoms with Crippen LogP contribution in [0.15, 0.2) is 18.3 Å². The van der Waals surface area contributed by atoms with E-state index in [-0.39, 0.29) is 0 Å². The maximum atomic E-state index is 5.66. The molecule has 104 valence electrons. The van der Waals surface area contributed by atoms with Crippen molar-refractivity contribution in [1.29, 1.82) is 0 Å². The summed E-state index contributed by atoms with van der Waals surface area (Å²) in [6.07, 6.45) is 4.29. The summed E-state index contributed by atoms with van der Waals surface area (Å²) < 4.78 is 0. The van der Waals surface area contributed by atoms with Crippen LogP contribution in [-0.4, -0.2) is 48.6 Å². The van der Waals surface area contributed by atoms with Crippen LogP contribution < -0.4 is 10.6 Å². The number of anilines is 1. The number of thiocarbonyl (C=S) groups is 1. The van der Waals surface area contributed by atoms with Gasteiger partial charge in [-0.15, -0.1) is 0 Å². The second-order valence-electron chi connectivity index (χ2n) is 5.39. The second-order valence-corrected chi connectivity index (χ2v) is 5.83.